The van der Waals surface area contributed by atoms with E-state index in [0.29, 0.717) is 19.4 Å². The fraction of sp³-hybridized carbons (Fsp3) is 0.385. The molecule has 96 valence electrons. The highest BCUT2D eigenvalue weighted by Crippen LogP contribution is 2.11. The minimum Gasteiger partial charge on any atom is -0.354 e. The lowest BCUT2D eigenvalue weighted by molar-refractivity contribution is -0.122. The molecule has 2 N–H and O–H groups in total. The molecule has 1 unspecified atom stereocenters. The van der Waals surface area contributed by atoms with Crippen LogP contribution in [0.3, 0.4) is 0 Å². The molecule has 0 aliphatic carbocycles. The van der Waals surface area contributed by atoms with Crippen molar-refractivity contribution in [1.29, 1.82) is 0 Å². The number of nitrogens with one attached hydrogen (secondary N) is 2. The van der Waals surface area contributed by atoms with Crippen molar-refractivity contribution >= 4 is 11.8 Å². The average Bonchev–Trinajstić information content (AvgIpc) is 2.32. The van der Waals surface area contributed by atoms with Gasteiger partial charge in [0.1, 0.15) is 5.82 Å². The monoisotopic (exact) mass is 250 g/mol. The Labute approximate surface area is 105 Å². The molecule has 1 aromatic carbocycles. The molecule has 0 bridgehead atoms. The van der Waals surface area contributed by atoms with Crippen LogP contribution < -0.4 is 10.6 Å². The fourth-order valence-electron chi connectivity index (χ4n) is 1.92. The molecule has 0 spiro atoms. The van der Waals surface area contributed by atoms with Crippen LogP contribution >= 0.6 is 0 Å². The molecule has 2 rings (SSSR count). The summed E-state index contributed by atoms with van der Waals surface area (Å²) in [7, 11) is 0. The number of carbonyl (C=O) groups is 2. The SMILES string of the molecule is Cc1ccc(C(=O)NC2CCC(=O)NC2)c(F)c1. The Morgan fingerprint density at radius 1 is 1.50 bits per heavy atom. The van der Waals surface area contributed by atoms with Gasteiger partial charge in [-0.2, -0.15) is 0 Å². The van der Waals surface area contributed by atoms with Gasteiger partial charge in [0.25, 0.3) is 5.91 Å². The van der Waals surface area contributed by atoms with E-state index in [1.54, 1.807) is 13.0 Å². The number of aryl methyl sites for hydroxylation is 1. The Morgan fingerprint density at radius 3 is 2.89 bits per heavy atom. The van der Waals surface area contributed by atoms with E-state index in [2.05, 4.69) is 10.6 Å². The Kier molecular flexibility index (Phi) is 3.60. The quantitative estimate of drug-likeness (QED) is 0.827. The van der Waals surface area contributed by atoms with Gasteiger partial charge in [0.15, 0.2) is 0 Å². The molecule has 5 heteroatoms. The second kappa shape index (κ2) is 5.16. The highest BCUT2D eigenvalue weighted by molar-refractivity contribution is 5.94. The van der Waals surface area contributed by atoms with E-state index >= 15 is 0 Å². The van der Waals surface area contributed by atoms with E-state index in [1.807, 2.05) is 0 Å². The summed E-state index contributed by atoms with van der Waals surface area (Å²) in [5, 5.41) is 5.39. The molecule has 2 amide bonds. The number of amides is 2. The molecule has 1 atom stereocenters. The maximum atomic E-state index is 13.6. The minimum atomic E-state index is -0.521. The third-order valence-corrected chi connectivity index (χ3v) is 2.97. The summed E-state index contributed by atoms with van der Waals surface area (Å²) < 4.78 is 13.6. The van der Waals surface area contributed by atoms with Gasteiger partial charge in [-0.1, -0.05) is 6.07 Å². The first kappa shape index (κ1) is 12.5. The van der Waals surface area contributed by atoms with Crippen molar-refractivity contribution in [1.82, 2.24) is 10.6 Å². The van der Waals surface area contributed by atoms with Gasteiger partial charge in [-0.15, -0.1) is 0 Å². The van der Waals surface area contributed by atoms with Crippen molar-refractivity contribution in [3.05, 3.63) is 35.1 Å². The predicted octanol–water partition coefficient (Wildman–Crippen LogP) is 1.14. The first-order valence-corrected chi connectivity index (χ1v) is 5.90. The topological polar surface area (TPSA) is 58.2 Å². The summed E-state index contributed by atoms with van der Waals surface area (Å²) in [5.74, 6) is -0.969. The summed E-state index contributed by atoms with van der Waals surface area (Å²) >= 11 is 0. The summed E-state index contributed by atoms with van der Waals surface area (Å²) in [6, 6.07) is 4.37. The lowest BCUT2D eigenvalue weighted by Crippen LogP contribution is -2.47. The maximum Gasteiger partial charge on any atom is 0.254 e. The lowest BCUT2D eigenvalue weighted by Gasteiger charge is -2.23. The van der Waals surface area contributed by atoms with E-state index in [4.69, 9.17) is 0 Å². The molecule has 18 heavy (non-hydrogen) atoms. The fourth-order valence-corrected chi connectivity index (χ4v) is 1.92. The second-order valence-electron chi connectivity index (χ2n) is 4.50. The van der Waals surface area contributed by atoms with Gasteiger partial charge in [0.2, 0.25) is 5.91 Å². The summed E-state index contributed by atoms with van der Waals surface area (Å²) in [5.41, 5.74) is 0.812. The Hall–Kier alpha value is -1.91. The molecule has 1 aromatic rings. The maximum absolute atomic E-state index is 13.6. The van der Waals surface area contributed by atoms with Crippen LogP contribution in [-0.4, -0.2) is 24.4 Å². The van der Waals surface area contributed by atoms with Crippen LogP contribution in [0.2, 0.25) is 0 Å². The van der Waals surface area contributed by atoms with Crippen molar-refractivity contribution < 1.29 is 14.0 Å². The standard InChI is InChI=1S/C13H15FN2O2/c1-8-2-4-10(11(14)6-8)13(18)16-9-3-5-12(17)15-7-9/h2,4,6,9H,3,5,7H2,1H3,(H,15,17)(H,16,18). The van der Waals surface area contributed by atoms with Gasteiger partial charge < -0.3 is 10.6 Å². The van der Waals surface area contributed by atoms with Crippen LogP contribution in [0.4, 0.5) is 4.39 Å². The number of hydrogen-bond acceptors (Lipinski definition) is 2. The molecule has 0 aromatic heterocycles. The van der Waals surface area contributed by atoms with Gasteiger partial charge >= 0.3 is 0 Å². The van der Waals surface area contributed by atoms with Crippen molar-refractivity contribution in [3.8, 4) is 0 Å². The van der Waals surface area contributed by atoms with Crippen LogP contribution in [0.1, 0.15) is 28.8 Å². The van der Waals surface area contributed by atoms with Crippen molar-refractivity contribution in [2.45, 2.75) is 25.8 Å². The zero-order valence-corrected chi connectivity index (χ0v) is 10.1. The molecule has 1 fully saturated rings. The number of halogens is 1. The van der Waals surface area contributed by atoms with Crippen LogP contribution in [0.25, 0.3) is 0 Å². The molecular weight excluding hydrogens is 235 g/mol. The highest BCUT2D eigenvalue weighted by atomic mass is 19.1. The van der Waals surface area contributed by atoms with Gasteiger partial charge in [0.05, 0.1) is 5.56 Å². The van der Waals surface area contributed by atoms with Gasteiger partial charge in [-0.25, -0.2) is 4.39 Å². The van der Waals surface area contributed by atoms with Crippen LogP contribution in [0.5, 0.6) is 0 Å². The molecule has 4 nitrogen and oxygen atoms in total. The van der Waals surface area contributed by atoms with Crippen LogP contribution in [0, 0.1) is 12.7 Å². The Balaban J connectivity index is 2.01. The number of benzene rings is 1. The van der Waals surface area contributed by atoms with E-state index in [1.165, 1.54) is 12.1 Å². The predicted molar refractivity (Wildman–Crippen MR) is 64.6 cm³/mol. The molecular formula is C13H15FN2O2. The summed E-state index contributed by atoms with van der Waals surface area (Å²) in [4.78, 5) is 22.8. The zero-order valence-electron chi connectivity index (χ0n) is 10.1. The average molecular weight is 250 g/mol. The summed E-state index contributed by atoms with van der Waals surface area (Å²) in [6.07, 6.45) is 0.979. The van der Waals surface area contributed by atoms with E-state index in [0.717, 1.165) is 5.56 Å². The van der Waals surface area contributed by atoms with Crippen molar-refractivity contribution in [2.24, 2.45) is 0 Å². The smallest absolute Gasteiger partial charge is 0.254 e. The molecule has 1 saturated heterocycles. The van der Waals surface area contributed by atoms with Crippen molar-refractivity contribution in [2.75, 3.05) is 6.54 Å². The molecule has 1 aliphatic rings. The number of carbonyl (C=O) groups excluding carboxylic acids is 2. The first-order chi connectivity index (χ1) is 8.56. The molecule has 0 radical (unpaired) electrons. The Morgan fingerprint density at radius 2 is 2.28 bits per heavy atom. The Bertz CT molecular complexity index is 478. The molecule has 0 saturated carbocycles. The largest absolute Gasteiger partial charge is 0.354 e. The van der Waals surface area contributed by atoms with Gasteiger partial charge in [-0.05, 0) is 31.0 Å². The second-order valence-corrected chi connectivity index (χ2v) is 4.50. The van der Waals surface area contributed by atoms with Gasteiger partial charge in [0, 0.05) is 19.0 Å². The number of rotatable bonds is 2. The van der Waals surface area contributed by atoms with Crippen LogP contribution in [-0.2, 0) is 4.79 Å². The highest BCUT2D eigenvalue weighted by Gasteiger charge is 2.21. The normalized spacial score (nSPS) is 19.2. The van der Waals surface area contributed by atoms with E-state index in [9.17, 15) is 14.0 Å². The zero-order chi connectivity index (χ0) is 13.1. The number of hydrogen-bond donors (Lipinski definition) is 2. The van der Waals surface area contributed by atoms with Gasteiger partial charge in [-0.3, -0.25) is 9.59 Å². The van der Waals surface area contributed by atoms with Crippen LogP contribution in [0.15, 0.2) is 18.2 Å². The number of piperidine rings is 1. The third kappa shape index (κ3) is 2.85. The minimum absolute atomic E-state index is 0.0120. The lowest BCUT2D eigenvalue weighted by atomic mass is 10.1. The third-order valence-electron chi connectivity index (χ3n) is 2.97. The van der Waals surface area contributed by atoms with Crippen molar-refractivity contribution in [3.63, 3.8) is 0 Å². The molecule has 1 heterocycles. The van der Waals surface area contributed by atoms with E-state index in [-0.39, 0.29) is 17.5 Å². The van der Waals surface area contributed by atoms with E-state index < -0.39 is 11.7 Å². The summed E-state index contributed by atoms with van der Waals surface area (Å²) in [6.45, 7) is 2.17. The molecule has 1 aliphatic heterocycles. The first-order valence-electron chi connectivity index (χ1n) is 5.90.